The van der Waals surface area contributed by atoms with Gasteiger partial charge in [0.05, 0.1) is 11.8 Å². The molecule has 0 aliphatic heterocycles. The molecule has 2 heterocycles. The monoisotopic (exact) mass is 252 g/mol. The van der Waals surface area contributed by atoms with Crippen molar-refractivity contribution < 1.29 is 4.74 Å². The summed E-state index contributed by atoms with van der Waals surface area (Å²) in [5.41, 5.74) is 1.97. The normalized spacial score (nSPS) is 11.2. The fourth-order valence-corrected chi connectivity index (χ4v) is 2.65. The summed E-state index contributed by atoms with van der Waals surface area (Å²) in [5.74, 6) is 0. The number of aromatic nitrogens is 2. The molecule has 92 valence electrons. The molecule has 2 aromatic heterocycles. The second kappa shape index (κ2) is 5.42. The zero-order valence-corrected chi connectivity index (χ0v) is 10.9. The molecule has 0 radical (unpaired) electrons. The molecular formula is C12H16N2O2S. The maximum absolute atomic E-state index is 12.1. The highest BCUT2D eigenvalue weighted by Gasteiger charge is 2.07. The summed E-state index contributed by atoms with van der Waals surface area (Å²) >= 11 is 1.47. The molecule has 0 saturated carbocycles. The van der Waals surface area contributed by atoms with Crippen molar-refractivity contribution in [1.82, 2.24) is 9.55 Å². The largest absolute Gasteiger partial charge is 0.382 e. The Labute approximate surface area is 104 Å². The fourth-order valence-electron chi connectivity index (χ4n) is 1.70. The van der Waals surface area contributed by atoms with E-state index in [1.807, 2.05) is 19.2 Å². The Bertz CT molecular complexity index is 559. The number of nitrogens with zero attached hydrogens (tertiary/aromatic N) is 2. The van der Waals surface area contributed by atoms with Crippen molar-refractivity contribution in [2.45, 2.75) is 26.8 Å². The lowest BCUT2D eigenvalue weighted by Gasteiger charge is -2.05. The molecule has 0 unspecified atom stereocenters. The van der Waals surface area contributed by atoms with Gasteiger partial charge in [-0.15, -0.1) is 11.3 Å². The number of thiophene rings is 1. The van der Waals surface area contributed by atoms with Crippen LogP contribution in [-0.4, -0.2) is 22.8 Å². The van der Waals surface area contributed by atoms with Crippen LogP contribution in [0.1, 0.15) is 18.9 Å². The van der Waals surface area contributed by atoms with Crippen LogP contribution in [0.5, 0.6) is 0 Å². The number of fused-ring (bicyclic) bond motifs is 1. The van der Waals surface area contributed by atoms with Gasteiger partial charge >= 0.3 is 0 Å². The average molecular weight is 252 g/mol. The minimum Gasteiger partial charge on any atom is -0.382 e. The van der Waals surface area contributed by atoms with Gasteiger partial charge in [0, 0.05) is 19.8 Å². The Morgan fingerprint density at radius 1 is 1.53 bits per heavy atom. The lowest BCUT2D eigenvalue weighted by Crippen LogP contribution is -2.20. The topological polar surface area (TPSA) is 44.1 Å². The van der Waals surface area contributed by atoms with Crippen LogP contribution in [0.15, 0.2) is 16.5 Å². The first kappa shape index (κ1) is 12.3. The standard InChI is InChI=1S/C12H16N2O2S/c1-3-16-6-4-5-14-8-13-10-9(2)7-17-11(10)12(14)15/h7-8H,3-6H2,1-2H3. The van der Waals surface area contributed by atoms with E-state index in [-0.39, 0.29) is 5.56 Å². The van der Waals surface area contributed by atoms with Crippen LogP contribution in [0.4, 0.5) is 0 Å². The second-order valence-corrected chi connectivity index (χ2v) is 4.77. The lowest BCUT2D eigenvalue weighted by atomic mass is 10.3. The Morgan fingerprint density at radius 3 is 3.12 bits per heavy atom. The van der Waals surface area contributed by atoms with E-state index >= 15 is 0 Å². The molecule has 0 fully saturated rings. The maximum Gasteiger partial charge on any atom is 0.271 e. The fraction of sp³-hybridized carbons (Fsp3) is 0.500. The summed E-state index contributed by atoms with van der Waals surface area (Å²) in [6.45, 7) is 6.01. The average Bonchev–Trinajstić information content (AvgIpc) is 2.70. The lowest BCUT2D eigenvalue weighted by molar-refractivity contribution is 0.141. The molecule has 0 aliphatic carbocycles. The Balaban J connectivity index is 2.18. The van der Waals surface area contributed by atoms with Crippen molar-refractivity contribution in [3.8, 4) is 0 Å². The quantitative estimate of drug-likeness (QED) is 0.766. The molecule has 0 aromatic carbocycles. The van der Waals surface area contributed by atoms with Crippen molar-refractivity contribution >= 4 is 21.6 Å². The van der Waals surface area contributed by atoms with E-state index in [2.05, 4.69) is 4.98 Å². The first-order valence-electron chi connectivity index (χ1n) is 5.75. The SMILES string of the molecule is CCOCCCn1cnc2c(C)csc2c1=O. The molecule has 0 N–H and O–H groups in total. The molecule has 0 aliphatic rings. The van der Waals surface area contributed by atoms with Crippen molar-refractivity contribution in [1.29, 1.82) is 0 Å². The minimum absolute atomic E-state index is 0.0598. The Hall–Kier alpha value is -1.20. The highest BCUT2D eigenvalue weighted by atomic mass is 32.1. The van der Waals surface area contributed by atoms with Crippen LogP contribution in [0.3, 0.4) is 0 Å². The molecule has 0 spiro atoms. The molecule has 5 heteroatoms. The van der Waals surface area contributed by atoms with Crippen molar-refractivity contribution in [3.05, 3.63) is 27.6 Å². The summed E-state index contributed by atoms with van der Waals surface area (Å²) in [6, 6.07) is 0. The number of rotatable bonds is 5. The maximum atomic E-state index is 12.1. The predicted molar refractivity (Wildman–Crippen MR) is 69.7 cm³/mol. The molecular weight excluding hydrogens is 236 g/mol. The number of hydrogen-bond donors (Lipinski definition) is 0. The van der Waals surface area contributed by atoms with E-state index in [0.717, 1.165) is 28.8 Å². The van der Waals surface area contributed by atoms with E-state index in [4.69, 9.17) is 4.74 Å². The molecule has 2 aromatic rings. The summed E-state index contributed by atoms with van der Waals surface area (Å²) < 4.78 is 7.67. The van der Waals surface area contributed by atoms with Crippen LogP contribution in [0.25, 0.3) is 10.2 Å². The molecule has 0 saturated heterocycles. The third-order valence-corrected chi connectivity index (χ3v) is 3.69. The summed E-state index contributed by atoms with van der Waals surface area (Å²) in [4.78, 5) is 16.4. The number of hydrogen-bond acceptors (Lipinski definition) is 4. The van der Waals surface area contributed by atoms with Crippen molar-refractivity contribution in [2.24, 2.45) is 0 Å². The smallest absolute Gasteiger partial charge is 0.271 e. The molecule has 2 rings (SSSR count). The van der Waals surface area contributed by atoms with Gasteiger partial charge in [-0.3, -0.25) is 9.36 Å². The zero-order valence-electron chi connectivity index (χ0n) is 10.1. The van der Waals surface area contributed by atoms with E-state index in [1.165, 1.54) is 11.3 Å². The van der Waals surface area contributed by atoms with E-state index in [1.54, 1.807) is 10.9 Å². The Morgan fingerprint density at radius 2 is 2.35 bits per heavy atom. The van der Waals surface area contributed by atoms with Gasteiger partial charge in [-0.05, 0) is 31.2 Å². The van der Waals surface area contributed by atoms with Gasteiger partial charge in [0.1, 0.15) is 4.70 Å². The van der Waals surface area contributed by atoms with Crippen LogP contribution < -0.4 is 5.56 Å². The van der Waals surface area contributed by atoms with Crippen LogP contribution in [0, 0.1) is 6.92 Å². The molecule has 0 amide bonds. The van der Waals surface area contributed by atoms with Gasteiger partial charge in [0.2, 0.25) is 0 Å². The van der Waals surface area contributed by atoms with Crippen molar-refractivity contribution in [2.75, 3.05) is 13.2 Å². The summed E-state index contributed by atoms with van der Waals surface area (Å²) in [5, 5.41) is 1.98. The predicted octanol–water partition coefficient (Wildman–Crippen LogP) is 2.19. The van der Waals surface area contributed by atoms with Gasteiger partial charge in [-0.2, -0.15) is 0 Å². The van der Waals surface area contributed by atoms with Crippen molar-refractivity contribution in [3.63, 3.8) is 0 Å². The zero-order chi connectivity index (χ0) is 12.3. The second-order valence-electron chi connectivity index (χ2n) is 3.89. The van der Waals surface area contributed by atoms with Crippen LogP contribution >= 0.6 is 11.3 Å². The minimum atomic E-state index is 0.0598. The van der Waals surface area contributed by atoms with E-state index in [0.29, 0.717) is 13.2 Å². The highest BCUT2D eigenvalue weighted by Crippen LogP contribution is 2.19. The third kappa shape index (κ3) is 2.56. The third-order valence-electron chi connectivity index (χ3n) is 2.62. The summed E-state index contributed by atoms with van der Waals surface area (Å²) in [7, 11) is 0. The molecule has 17 heavy (non-hydrogen) atoms. The number of ether oxygens (including phenoxy) is 1. The highest BCUT2D eigenvalue weighted by molar-refractivity contribution is 7.17. The van der Waals surface area contributed by atoms with Gasteiger partial charge in [-0.25, -0.2) is 4.98 Å². The molecule has 4 nitrogen and oxygen atoms in total. The first-order chi connectivity index (χ1) is 8.24. The van der Waals surface area contributed by atoms with Crippen LogP contribution in [-0.2, 0) is 11.3 Å². The number of aryl methyl sites for hydroxylation is 2. The first-order valence-corrected chi connectivity index (χ1v) is 6.63. The van der Waals surface area contributed by atoms with Gasteiger partial charge in [0.15, 0.2) is 0 Å². The molecule has 0 atom stereocenters. The van der Waals surface area contributed by atoms with Gasteiger partial charge in [-0.1, -0.05) is 0 Å². The summed E-state index contributed by atoms with van der Waals surface area (Å²) in [6.07, 6.45) is 2.47. The van der Waals surface area contributed by atoms with E-state index < -0.39 is 0 Å². The van der Waals surface area contributed by atoms with Crippen LogP contribution in [0.2, 0.25) is 0 Å². The van der Waals surface area contributed by atoms with Gasteiger partial charge in [0.25, 0.3) is 5.56 Å². The van der Waals surface area contributed by atoms with E-state index in [9.17, 15) is 4.79 Å². The molecule has 0 bridgehead atoms. The Kier molecular flexibility index (Phi) is 3.91. The van der Waals surface area contributed by atoms with Gasteiger partial charge < -0.3 is 4.74 Å².